The summed E-state index contributed by atoms with van der Waals surface area (Å²) < 4.78 is 1.38. The van der Waals surface area contributed by atoms with Crippen molar-refractivity contribution in [3.8, 4) is 0 Å². The van der Waals surface area contributed by atoms with E-state index in [1.165, 1.54) is 15.6 Å². The van der Waals surface area contributed by atoms with Gasteiger partial charge in [0.05, 0.1) is 0 Å². The van der Waals surface area contributed by atoms with Gasteiger partial charge in [-0.1, -0.05) is 18.2 Å². The fourth-order valence-electron chi connectivity index (χ4n) is 1.53. The topological polar surface area (TPSA) is 12.0 Å². The highest BCUT2D eigenvalue weighted by Gasteiger charge is 2.10. The van der Waals surface area contributed by atoms with E-state index < -0.39 is 0 Å². The second-order valence-corrected chi connectivity index (χ2v) is 5.77. The summed E-state index contributed by atoms with van der Waals surface area (Å²) in [5.41, 5.74) is 1.59. The van der Waals surface area contributed by atoms with E-state index in [2.05, 4.69) is 55.7 Å². The summed E-state index contributed by atoms with van der Waals surface area (Å²) in [6, 6.07) is 8.58. The first-order valence-corrected chi connectivity index (χ1v) is 6.14. The van der Waals surface area contributed by atoms with E-state index >= 15 is 0 Å². The summed E-state index contributed by atoms with van der Waals surface area (Å²) in [5, 5.41) is 7.16. The van der Waals surface area contributed by atoms with Crippen LogP contribution < -0.4 is 5.32 Å². The lowest BCUT2D eigenvalue weighted by Gasteiger charge is -2.20. The Bertz CT molecular complexity index is 451. The summed E-state index contributed by atoms with van der Waals surface area (Å²) in [6.45, 7) is 7.54. The van der Waals surface area contributed by atoms with Crippen LogP contribution in [0.4, 0.5) is 0 Å². The number of thiophene rings is 1. The molecule has 0 spiro atoms. The van der Waals surface area contributed by atoms with Crippen LogP contribution in [0.3, 0.4) is 0 Å². The fourth-order valence-corrected chi connectivity index (χ4v) is 2.49. The van der Waals surface area contributed by atoms with Gasteiger partial charge in [0.1, 0.15) is 0 Å². The fraction of sp³-hybridized carbons (Fsp3) is 0.385. The molecule has 2 aromatic rings. The molecule has 1 heterocycles. The Morgan fingerprint density at radius 3 is 2.67 bits per heavy atom. The average Bonchev–Trinajstić information content (AvgIpc) is 2.57. The molecule has 0 saturated heterocycles. The average molecular weight is 219 g/mol. The maximum Gasteiger partial charge on any atom is 0.0346 e. The maximum atomic E-state index is 3.52. The summed E-state index contributed by atoms with van der Waals surface area (Å²) in [5.74, 6) is 0. The molecule has 1 aromatic heterocycles. The van der Waals surface area contributed by atoms with Gasteiger partial charge in [-0.3, -0.25) is 0 Å². The monoisotopic (exact) mass is 219 g/mol. The zero-order chi connectivity index (χ0) is 10.9. The van der Waals surface area contributed by atoms with Crippen LogP contribution in [0.5, 0.6) is 0 Å². The molecule has 1 nitrogen and oxygen atoms in total. The van der Waals surface area contributed by atoms with Gasteiger partial charge in [0.25, 0.3) is 0 Å². The molecule has 0 fully saturated rings. The third-order valence-corrected chi connectivity index (χ3v) is 3.38. The normalized spacial score (nSPS) is 12.2. The van der Waals surface area contributed by atoms with Crippen LogP contribution in [0.2, 0.25) is 0 Å². The molecule has 0 aliphatic carbocycles. The van der Waals surface area contributed by atoms with Crippen molar-refractivity contribution in [2.45, 2.75) is 32.9 Å². The molecule has 0 aliphatic rings. The molecule has 80 valence electrons. The van der Waals surface area contributed by atoms with Crippen molar-refractivity contribution in [3.05, 3.63) is 35.2 Å². The molecule has 2 heteroatoms. The van der Waals surface area contributed by atoms with E-state index in [0.29, 0.717) is 0 Å². The third-order valence-electron chi connectivity index (χ3n) is 2.37. The van der Waals surface area contributed by atoms with Gasteiger partial charge < -0.3 is 5.32 Å². The zero-order valence-corrected chi connectivity index (χ0v) is 10.3. The van der Waals surface area contributed by atoms with Crippen LogP contribution in [0, 0.1) is 0 Å². The van der Waals surface area contributed by atoms with Crippen molar-refractivity contribution in [2.24, 2.45) is 0 Å². The second-order valence-electron chi connectivity index (χ2n) is 4.86. The largest absolute Gasteiger partial charge is 0.308 e. The molecule has 0 saturated carbocycles. The van der Waals surface area contributed by atoms with Crippen molar-refractivity contribution in [3.63, 3.8) is 0 Å². The van der Waals surface area contributed by atoms with Crippen LogP contribution in [0.25, 0.3) is 10.1 Å². The first-order chi connectivity index (χ1) is 7.06. The number of hydrogen-bond donors (Lipinski definition) is 1. The van der Waals surface area contributed by atoms with E-state index in [1.807, 2.05) is 11.3 Å². The van der Waals surface area contributed by atoms with Gasteiger partial charge in [-0.05, 0) is 43.2 Å². The van der Waals surface area contributed by atoms with Crippen LogP contribution >= 0.6 is 11.3 Å². The lowest BCUT2D eigenvalue weighted by Crippen LogP contribution is -2.34. The molecule has 0 aliphatic heterocycles. The van der Waals surface area contributed by atoms with Gasteiger partial charge in [0.2, 0.25) is 0 Å². The minimum absolute atomic E-state index is 0.184. The molecule has 1 aromatic carbocycles. The minimum atomic E-state index is 0.184. The van der Waals surface area contributed by atoms with Crippen molar-refractivity contribution < 1.29 is 0 Å². The number of nitrogens with one attached hydrogen (secondary N) is 1. The molecular weight excluding hydrogens is 202 g/mol. The Hall–Kier alpha value is -0.860. The quantitative estimate of drug-likeness (QED) is 0.810. The highest BCUT2D eigenvalue weighted by atomic mass is 32.1. The molecule has 0 radical (unpaired) electrons. The van der Waals surface area contributed by atoms with Crippen LogP contribution in [0.15, 0.2) is 29.6 Å². The minimum Gasteiger partial charge on any atom is -0.308 e. The van der Waals surface area contributed by atoms with Crippen molar-refractivity contribution >= 4 is 21.4 Å². The van der Waals surface area contributed by atoms with Crippen molar-refractivity contribution in [1.29, 1.82) is 0 Å². The summed E-state index contributed by atoms with van der Waals surface area (Å²) >= 11 is 1.82. The van der Waals surface area contributed by atoms with Crippen molar-refractivity contribution in [2.75, 3.05) is 0 Å². The predicted octanol–water partition coefficient (Wildman–Crippen LogP) is 3.79. The Labute approximate surface area is 95.1 Å². The van der Waals surface area contributed by atoms with Crippen LogP contribution in [-0.4, -0.2) is 5.54 Å². The first-order valence-electron chi connectivity index (χ1n) is 5.26. The van der Waals surface area contributed by atoms with Gasteiger partial charge in [-0.15, -0.1) is 11.3 Å². The Morgan fingerprint density at radius 2 is 1.93 bits per heavy atom. The number of benzene rings is 1. The maximum absolute atomic E-state index is 3.52. The lowest BCUT2D eigenvalue weighted by molar-refractivity contribution is 0.425. The Balaban J connectivity index is 2.22. The molecule has 0 unspecified atom stereocenters. The predicted molar refractivity (Wildman–Crippen MR) is 68.4 cm³/mol. The summed E-state index contributed by atoms with van der Waals surface area (Å²) in [7, 11) is 0. The number of rotatable bonds is 2. The second kappa shape index (κ2) is 3.95. The summed E-state index contributed by atoms with van der Waals surface area (Å²) in [6.07, 6.45) is 0. The zero-order valence-electron chi connectivity index (χ0n) is 9.50. The van der Waals surface area contributed by atoms with Gasteiger partial charge in [-0.2, -0.15) is 0 Å². The number of fused-ring (bicyclic) bond motifs is 1. The van der Waals surface area contributed by atoms with E-state index in [4.69, 9.17) is 0 Å². The van der Waals surface area contributed by atoms with Crippen molar-refractivity contribution in [1.82, 2.24) is 5.32 Å². The molecular formula is C13H17NS. The molecule has 0 bridgehead atoms. The summed E-state index contributed by atoms with van der Waals surface area (Å²) in [4.78, 5) is 0. The number of hydrogen-bond acceptors (Lipinski definition) is 2. The van der Waals surface area contributed by atoms with E-state index in [-0.39, 0.29) is 5.54 Å². The Kier molecular flexibility index (Phi) is 2.81. The first kappa shape index (κ1) is 10.7. The SMILES string of the molecule is CC(C)(C)NCc1csc2ccccc12. The highest BCUT2D eigenvalue weighted by molar-refractivity contribution is 7.17. The van der Waals surface area contributed by atoms with Gasteiger partial charge in [0, 0.05) is 16.8 Å². The standard InChI is InChI=1S/C13H17NS/c1-13(2,3)14-8-10-9-15-12-7-5-4-6-11(10)12/h4-7,9,14H,8H2,1-3H3. The Morgan fingerprint density at radius 1 is 1.20 bits per heavy atom. The molecule has 0 atom stereocenters. The van der Waals surface area contributed by atoms with E-state index in [1.54, 1.807) is 0 Å². The smallest absolute Gasteiger partial charge is 0.0346 e. The molecule has 2 rings (SSSR count). The van der Waals surface area contributed by atoms with Crippen LogP contribution in [-0.2, 0) is 6.54 Å². The third kappa shape index (κ3) is 2.58. The van der Waals surface area contributed by atoms with Crippen LogP contribution in [0.1, 0.15) is 26.3 Å². The van der Waals surface area contributed by atoms with E-state index in [0.717, 1.165) is 6.54 Å². The van der Waals surface area contributed by atoms with Gasteiger partial charge >= 0.3 is 0 Å². The lowest BCUT2D eigenvalue weighted by atomic mass is 10.1. The molecule has 0 amide bonds. The highest BCUT2D eigenvalue weighted by Crippen LogP contribution is 2.25. The molecule has 15 heavy (non-hydrogen) atoms. The van der Waals surface area contributed by atoms with E-state index in [9.17, 15) is 0 Å². The van der Waals surface area contributed by atoms with Gasteiger partial charge in [-0.25, -0.2) is 0 Å². The molecule has 1 N–H and O–H groups in total. The van der Waals surface area contributed by atoms with Gasteiger partial charge in [0.15, 0.2) is 0 Å².